The molecule has 0 spiro atoms. The van der Waals surface area contributed by atoms with E-state index in [1.165, 1.54) is 22.5 Å². The lowest BCUT2D eigenvalue weighted by Crippen LogP contribution is -2.19. The van der Waals surface area contributed by atoms with Gasteiger partial charge in [-0.15, -0.1) is 11.3 Å². The Hall–Kier alpha value is -1.45. The molecule has 98 valence electrons. The largest absolute Gasteiger partial charge is 0.373 e. The van der Waals surface area contributed by atoms with Crippen LogP contribution in [0.4, 0.5) is 0 Å². The number of carbonyl (C=O) groups excluding carboxylic acids is 1. The van der Waals surface area contributed by atoms with Crippen LogP contribution in [0.3, 0.4) is 0 Å². The van der Waals surface area contributed by atoms with Crippen LogP contribution in [-0.4, -0.2) is 12.4 Å². The molecular formula is C16H16O2S. The molecule has 2 aromatic rings. The molecule has 1 aliphatic heterocycles. The van der Waals surface area contributed by atoms with Crippen LogP contribution >= 0.6 is 11.3 Å². The fourth-order valence-corrected chi connectivity index (χ4v) is 3.44. The van der Waals surface area contributed by atoms with Gasteiger partial charge in [0.05, 0.1) is 17.6 Å². The minimum Gasteiger partial charge on any atom is -0.373 e. The minimum absolute atomic E-state index is 0.0843. The molecule has 0 N–H and O–H groups in total. The first kappa shape index (κ1) is 12.6. The van der Waals surface area contributed by atoms with Gasteiger partial charge in [-0.1, -0.05) is 24.3 Å². The topological polar surface area (TPSA) is 26.3 Å². The number of rotatable bonds is 3. The van der Waals surface area contributed by atoms with Crippen LogP contribution in [0.2, 0.25) is 0 Å². The Bertz CT molecular complexity index is 600. The van der Waals surface area contributed by atoms with Crippen molar-refractivity contribution in [2.75, 3.05) is 6.61 Å². The van der Waals surface area contributed by atoms with Crippen molar-refractivity contribution in [3.05, 3.63) is 57.3 Å². The van der Waals surface area contributed by atoms with Gasteiger partial charge < -0.3 is 4.74 Å². The van der Waals surface area contributed by atoms with Crippen LogP contribution in [0.1, 0.15) is 38.9 Å². The van der Waals surface area contributed by atoms with Crippen LogP contribution in [0, 0.1) is 6.92 Å². The van der Waals surface area contributed by atoms with Crippen LogP contribution < -0.4 is 0 Å². The molecule has 0 saturated carbocycles. The van der Waals surface area contributed by atoms with Gasteiger partial charge in [-0.2, -0.15) is 0 Å². The Morgan fingerprint density at radius 3 is 3.00 bits per heavy atom. The van der Waals surface area contributed by atoms with E-state index in [4.69, 9.17) is 4.74 Å². The van der Waals surface area contributed by atoms with Gasteiger partial charge in [0.2, 0.25) is 0 Å². The first-order valence-electron chi connectivity index (χ1n) is 6.52. The number of fused-ring (bicyclic) bond motifs is 1. The Labute approximate surface area is 117 Å². The van der Waals surface area contributed by atoms with Crippen molar-refractivity contribution in [3.63, 3.8) is 0 Å². The monoisotopic (exact) mass is 272 g/mol. The van der Waals surface area contributed by atoms with Crippen LogP contribution in [0.25, 0.3) is 0 Å². The normalized spacial score (nSPS) is 18.1. The zero-order valence-corrected chi connectivity index (χ0v) is 11.7. The van der Waals surface area contributed by atoms with E-state index in [-0.39, 0.29) is 11.9 Å². The SMILES string of the molecule is Cc1ccsc1C(=O)CC1OCCc2ccccc21. The molecule has 1 unspecified atom stereocenters. The molecule has 0 saturated heterocycles. The quantitative estimate of drug-likeness (QED) is 0.791. The summed E-state index contributed by atoms with van der Waals surface area (Å²) in [6, 6.07) is 10.3. The van der Waals surface area contributed by atoms with Gasteiger partial charge in [0.25, 0.3) is 0 Å². The molecular weight excluding hydrogens is 256 g/mol. The van der Waals surface area contributed by atoms with Gasteiger partial charge in [-0.05, 0) is 41.5 Å². The third kappa shape index (κ3) is 2.48. The highest BCUT2D eigenvalue weighted by Gasteiger charge is 2.24. The summed E-state index contributed by atoms with van der Waals surface area (Å²) in [7, 11) is 0. The predicted octanol–water partition coefficient (Wildman–Crippen LogP) is 3.94. The van der Waals surface area contributed by atoms with Gasteiger partial charge >= 0.3 is 0 Å². The Morgan fingerprint density at radius 1 is 1.37 bits per heavy atom. The summed E-state index contributed by atoms with van der Waals surface area (Å²) in [5, 5.41) is 1.97. The lowest BCUT2D eigenvalue weighted by molar-refractivity contribution is 0.0353. The summed E-state index contributed by atoms with van der Waals surface area (Å²) in [4.78, 5) is 13.2. The maximum absolute atomic E-state index is 12.3. The van der Waals surface area contributed by atoms with Crippen molar-refractivity contribution in [1.29, 1.82) is 0 Å². The highest BCUT2D eigenvalue weighted by molar-refractivity contribution is 7.12. The van der Waals surface area contributed by atoms with E-state index in [1.54, 1.807) is 0 Å². The van der Waals surface area contributed by atoms with Crippen molar-refractivity contribution in [1.82, 2.24) is 0 Å². The number of carbonyl (C=O) groups is 1. The molecule has 2 heterocycles. The number of aryl methyl sites for hydroxylation is 1. The van der Waals surface area contributed by atoms with E-state index in [0.29, 0.717) is 13.0 Å². The third-order valence-corrected chi connectivity index (χ3v) is 4.64. The molecule has 0 fully saturated rings. The third-order valence-electron chi connectivity index (χ3n) is 3.58. The second kappa shape index (κ2) is 5.27. The number of ether oxygens (including phenoxy) is 1. The number of Topliss-reactive ketones (excluding diaryl/α,β-unsaturated/α-hetero) is 1. The molecule has 0 aliphatic carbocycles. The second-order valence-corrected chi connectivity index (χ2v) is 5.78. The lowest BCUT2D eigenvalue weighted by atomic mass is 9.94. The van der Waals surface area contributed by atoms with Crippen LogP contribution in [0.15, 0.2) is 35.7 Å². The molecule has 3 heteroatoms. The average Bonchev–Trinajstić information content (AvgIpc) is 2.85. The van der Waals surface area contributed by atoms with Crippen molar-refractivity contribution < 1.29 is 9.53 Å². The average molecular weight is 272 g/mol. The second-order valence-electron chi connectivity index (χ2n) is 4.87. The van der Waals surface area contributed by atoms with Gasteiger partial charge in [0, 0.05) is 6.42 Å². The fourth-order valence-electron chi connectivity index (χ4n) is 2.57. The molecule has 0 radical (unpaired) electrons. The smallest absolute Gasteiger partial charge is 0.175 e. The zero-order chi connectivity index (χ0) is 13.2. The zero-order valence-electron chi connectivity index (χ0n) is 10.9. The van der Waals surface area contributed by atoms with Crippen molar-refractivity contribution in [3.8, 4) is 0 Å². The molecule has 1 aromatic heterocycles. The first-order valence-corrected chi connectivity index (χ1v) is 7.40. The van der Waals surface area contributed by atoms with Gasteiger partial charge in [-0.3, -0.25) is 4.79 Å². The maximum atomic E-state index is 12.3. The molecule has 3 rings (SSSR count). The van der Waals surface area contributed by atoms with Gasteiger partial charge in [-0.25, -0.2) is 0 Å². The Morgan fingerprint density at radius 2 is 2.21 bits per heavy atom. The number of thiophene rings is 1. The molecule has 19 heavy (non-hydrogen) atoms. The number of benzene rings is 1. The first-order chi connectivity index (χ1) is 9.25. The lowest BCUT2D eigenvalue weighted by Gasteiger charge is -2.25. The molecule has 1 aromatic carbocycles. The summed E-state index contributed by atoms with van der Waals surface area (Å²) in [5.41, 5.74) is 3.56. The number of hydrogen-bond donors (Lipinski definition) is 0. The maximum Gasteiger partial charge on any atom is 0.175 e. The van der Waals surface area contributed by atoms with Crippen molar-refractivity contribution >= 4 is 17.1 Å². The molecule has 1 aliphatic rings. The van der Waals surface area contributed by atoms with Crippen molar-refractivity contribution in [2.45, 2.75) is 25.9 Å². The highest BCUT2D eigenvalue weighted by atomic mass is 32.1. The van der Waals surface area contributed by atoms with Crippen molar-refractivity contribution in [2.24, 2.45) is 0 Å². The van der Waals surface area contributed by atoms with E-state index >= 15 is 0 Å². The Balaban J connectivity index is 1.82. The van der Waals surface area contributed by atoms with Gasteiger partial charge in [0.15, 0.2) is 5.78 Å². The van der Waals surface area contributed by atoms with E-state index in [2.05, 4.69) is 12.1 Å². The number of hydrogen-bond acceptors (Lipinski definition) is 3. The van der Waals surface area contributed by atoms with Crippen LogP contribution in [-0.2, 0) is 11.2 Å². The minimum atomic E-state index is -0.0843. The summed E-state index contributed by atoms with van der Waals surface area (Å²) in [6.07, 6.45) is 1.30. The summed E-state index contributed by atoms with van der Waals surface area (Å²) in [6.45, 7) is 2.69. The molecule has 1 atom stereocenters. The highest BCUT2D eigenvalue weighted by Crippen LogP contribution is 2.31. The fraction of sp³-hybridized carbons (Fsp3) is 0.312. The standard InChI is InChI=1S/C16H16O2S/c1-11-7-9-19-16(11)14(17)10-15-13-5-3-2-4-12(13)6-8-18-15/h2-5,7,9,15H,6,8,10H2,1H3. The van der Waals surface area contributed by atoms with Gasteiger partial charge in [0.1, 0.15) is 0 Å². The summed E-state index contributed by atoms with van der Waals surface area (Å²) in [5.74, 6) is 0.189. The van der Waals surface area contributed by atoms with E-state index in [9.17, 15) is 4.79 Å². The molecule has 2 nitrogen and oxygen atoms in total. The summed E-state index contributed by atoms with van der Waals surface area (Å²) < 4.78 is 5.80. The summed E-state index contributed by atoms with van der Waals surface area (Å²) >= 11 is 1.52. The van der Waals surface area contributed by atoms with Crippen LogP contribution in [0.5, 0.6) is 0 Å². The van der Waals surface area contributed by atoms with E-state index < -0.39 is 0 Å². The van der Waals surface area contributed by atoms with E-state index in [0.717, 1.165) is 16.9 Å². The Kier molecular flexibility index (Phi) is 3.49. The van der Waals surface area contributed by atoms with E-state index in [1.807, 2.05) is 30.5 Å². The number of ketones is 1. The molecule has 0 amide bonds. The predicted molar refractivity (Wildman–Crippen MR) is 76.8 cm³/mol. The molecule has 0 bridgehead atoms.